The van der Waals surface area contributed by atoms with E-state index in [4.69, 9.17) is 5.73 Å². The van der Waals surface area contributed by atoms with Crippen molar-refractivity contribution in [1.29, 1.82) is 0 Å². The first-order valence-corrected chi connectivity index (χ1v) is 3.49. The quantitative estimate of drug-likeness (QED) is 0.532. The van der Waals surface area contributed by atoms with Crippen molar-refractivity contribution in [1.82, 2.24) is 4.98 Å². The van der Waals surface area contributed by atoms with Crippen LogP contribution in [0, 0.1) is 0 Å². The number of amides is 1. The van der Waals surface area contributed by atoms with Gasteiger partial charge in [-0.3, -0.25) is 9.78 Å². The summed E-state index contributed by atoms with van der Waals surface area (Å²) < 4.78 is 0. The van der Waals surface area contributed by atoms with E-state index in [1.165, 1.54) is 20.4 Å². The van der Waals surface area contributed by atoms with Gasteiger partial charge in [-0.2, -0.15) is 0 Å². The van der Waals surface area contributed by atoms with Crippen LogP contribution in [0.3, 0.4) is 0 Å². The Morgan fingerprint density at radius 1 is 1.46 bits per heavy atom. The lowest BCUT2D eigenvalue weighted by Gasteiger charge is -1.88. The van der Waals surface area contributed by atoms with Crippen LogP contribution in [-0.2, 0) is 9.78 Å². The first kappa shape index (κ1) is 11.5. The predicted molar refractivity (Wildman–Crippen MR) is 46.8 cm³/mol. The van der Waals surface area contributed by atoms with Crippen molar-refractivity contribution in [2.75, 3.05) is 14.2 Å². The number of pyridine rings is 1. The van der Waals surface area contributed by atoms with E-state index in [0.29, 0.717) is 5.56 Å². The maximum atomic E-state index is 10.4. The lowest BCUT2D eigenvalue weighted by molar-refractivity contribution is -0.248. The van der Waals surface area contributed by atoms with Crippen molar-refractivity contribution in [2.24, 2.45) is 5.73 Å². The number of primary amides is 1. The van der Waals surface area contributed by atoms with Crippen LogP contribution in [0.2, 0.25) is 0 Å². The molecular formula is C8H12N2O3. The monoisotopic (exact) mass is 184 g/mol. The molecule has 0 atom stereocenters. The Labute approximate surface area is 76.4 Å². The Hall–Kier alpha value is -1.46. The molecule has 1 rings (SSSR count). The fraction of sp³-hybridized carbons (Fsp3) is 0.250. The topological polar surface area (TPSA) is 74.4 Å². The minimum Gasteiger partial charge on any atom is -0.366 e. The molecule has 72 valence electrons. The van der Waals surface area contributed by atoms with Gasteiger partial charge in [0.15, 0.2) is 0 Å². The van der Waals surface area contributed by atoms with Gasteiger partial charge in [0.25, 0.3) is 0 Å². The highest BCUT2D eigenvalue weighted by molar-refractivity contribution is 5.92. The normalized spacial score (nSPS) is 8.46. The molecule has 0 aliphatic heterocycles. The van der Waals surface area contributed by atoms with Crippen molar-refractivity contribution in [3.05, 3.63) is 30.1 Å². The molecule has 0 aromatic carbocycles. The van der Waals surface area contributed by atoms with Gasteiger partial charge in [-0.15, -0.1) is 0 Å². The maximum Gasteiger partial charge on any atom is 0.250 e. The fourth-order valence-electron chi connectivity index (χ4n) is 0.509. The van der Waals surface area contributed by atoms with E-state index in [0.717, 1.165) is 0 Å². The number of rotatable bonds is 2. The zero-order chi connectivity index (χ0) is 10.1. The second kappa shape index (κ2) is 7.20. The predicted octanol–water partition coefficient (Wildman–Crippen LogP) is 0.375. The third-order valence-electron chi connectivity index (χ3n) is 1.11. The lowest BCUT2D eigenvalue weighted by Crippen LogP contribution is -2.10. The Balaban J connectivity index is 0.000000310. The van der Waals surface area contributed by atoms with E-state index in [-0.39, 0.29) is 0 Å². The molecule has 0 spiro atoms. The van der Waals surface area contributed by atoms with Crippen LogP contribution in [-0.4, -0.2) is 25.1 Å². The molecule has 1 aromatic heterocycles. The third-order valence-corrected chi connectivity index (χ3v) is 1.11. The molecule has 1 amide bonds. The molecule has 13 heavy (non-hydrogen) atoms. The number of hydrogen-bond donors (Lipinski definition) is 1. The molecule has 2 N–H and O–H groups in total. The highest BCUT2D eigenvalue weighted by Gasteiger charge is 1.94. The smallest absolute Gasteiger partial charge is 0.250 e. The van der Waals surface area contributed by atoms with Crippen molar-refractivity contribution in [3.8, 4) is 0 Å². The van der Waals surface area contributed by atoms with Gasteiger partial charge in [0.2, 0.25) is 5.91 Å². The first-order valence-electron chi connectivity index (χ1n) is 3.49. The van der Waals surface area contributed by atoms with Crippen molar-refractivity contribution >= 4 is 5.91 Å². The summed E-state index contributed by atoms with van der Waals surface area (Å²) in [6.07, 6.45) is 3.02. The molecule has 0 saturated heterocycles. The van der Waals surface area contributed by atoms with E-state index >= 15 is 0 Å². The summed E-state index contributed by atoms with van der Waals surface area (Å²) in [6, 6.07) is 3.29. The van der Waals surface area contributed by atoms with Gasteiger partial charge in [-0.25, -0.2) is 9.78 Å². The largest absolute Gasteiger partial charge is 0.366 e. The highest BCUT2D eigenvalue weighted by atomic mass is 17.2. The van der Waals surface area contributed by atoms with Crippen molar-refractivity contribution in [3.63, 3.8) is 0 Å². The summed E-state index contributed by atoms with van der Waals surface area (Å²) in [5.41, 5.74) is 5.38. The van der Waals surface area contributed by atoms with Gasteiger partial charge < -0.3 is 5.73 Å². The van der Waals surface area contributed by atoms with Gasteiger partial charge in [-0.05, 0) is 12.1 Å². The van der Waals surface area contributed by atoms with Crippen molar-refractivity contribution in [2.45, 2.75) is 0 Å². The standard InChI is InChI=1S/C6H6N2O.C2H6O2/c7-6(9)5-2-1-3-8-4-5;1-3-4-2/h1-4H,(H2,7,9);1-2H3. The molecule has 0 bridgehead atoms. The number of carbonyl (C=O) groups excluding carboxylic acids is 1. The van der Waals surface area contributed by atoms with Gasteiger partial charge in [-0.1, -0.05) is 0 Å². The van der Waals surface area contributed by atoms with Crippen molar-refractivity contribution < 1.29 is 14.6 Å². The van der Waals surface area contributed by atoms with Gasteiger partial charge in [0.05, 0.1) is 19.8 Å². The Kier molecular flexibility index (Phi) is 6.39. The van der Waals surface area contributed by atoms with Crippen LogP contribution in [0.5, 0.6) is 0 Å². The van der Waals surface area contributed by atoms with Crippen LogP contribution in [0.4, 0.5) is 0 Å². The number of carbonyl (C=O) groups is 1. The van der Waals surface area contributed by atoms with Crippen LogP contribution >= 0.6 is 0 Å². The van der Waals surface area contributed by atoms with E-state index in [1.54, 1.807) is 18.3 Å². The van der Waals surface area contributed by atoms with Gasteiger partial charge in [0, 0.05) is 12.4 Å². The van der Waals surface area contributed by atoms with Crippen LogP contribution in [0.15, 0.2) is 24.5 Å². The molecule has 1 heterocycles. The zero-order valence-corrected chi connectivity index (χ0v) is 7.56. The minimum atomic E-state index is -0.442. The van der Waals surface area contributed by atoms with Gasteiger partial charge in [0.1, 0.15) is 0 Å². The summed E-state index contributed by atoms with van der Waals surface area (Å²) in [7, 11) is 2.92. The number of aromatic nitrogens is 1. The second-order valence-corrected chi connectivity index (χ2v) is 1.94. The summed E-state index contributed by atoms with van der Waals surface area (Å²) in [4.78, 5) is 22.2. The number of nitrogens with two attached hydrogens (primary N) is 1. The fourth-order valence-corrected chi connectivity index (χ4v) is 0.509. The van der Waals surface area contributed by atoms with Crippen LogP contribution < -0.4 is 5.73 Å². The first-order chi connectivity index (χ1) is 6.22. The Morgan fingerprint density at radius 2 is 2.08 bits per heavy atom. The molecule has 0 radical (unpaired) electrons. The maximum absolute atomic E-state index is 10.4. The average molecular weight is 184 g/mol. The van der Waals surface area contributed by atoms with E-state index < -0.39 is 5.91 Å². The number of nitrogens with zero attached hydrogens (tertiary/aromatic N) is 1. The van der Waals surface area contributed by atoms with Crippen LogP contribution in [0.1, 0.15) is 10.4 Å². The SMILES string of the molecule is COOC.NC(=O)c1cccnc1. The Bertz CT molecular complexity index is 236. The average Bonchev–Trinajstić information content (AvgIpc) is 2.19. The molecule has 1 aromatic rings. The zero-order valence-electron chi connectivity index (χ0n) is 7.56. The van der Waals surface area contributed by atoms with E-state index in [2.05, 4.69) is 14.8 Å². The molecular weight excluding hydrogens is 172 g/mol. The lowest BCUT2D eigenvalue weighted by atomic mass is 10.3. The molecule has 0 fully saturated rings. The van der Waals surface area contributed by atoms with E-state index in [9.17, 15) is 4.79 Å². The molecule has 0 unspecified atom stereocenters. The minimum absolute atomic E-state index is 0.442. The van der Waals surface area contributed by atoms with Crippen LogP contribution in [0.25, 0.3) is 0 Å². The summed E-state index contributed by atoms with van der Waals surface area (Å²) >= 11 is 0. The highest BCUT2D eigenvalue weighted by Crippen LogP contribution is 1.91. The van der Waals surface area contributed by atoms with E-state index in [1.807, 2.05) is 0 Å². The summed E-state index contributed by atoms with van der Waals surface area (Å²) in [5.74, 6) is -0.442. The second-order valence-electron chi connectivity index (χ2n) is 1.94. The van der Waals surface area contributed by atoms with Gasteiger partial charge >= 0.3 is 0 Å². The molecule has 0 aliphatic rings. The molecule has 5 heteroatoms. The third kappa shape index (κ3) is 5.77. The molecule has 0 aliphatic carbocycles. The molecule has 5 nitrogen and oxygen atoms in total. The number of hydrogen-bond acceptors (Lipinski definition) is 4. The Morgan fingerprint density at radius 3 is 2.31 bits per heavy atom. The molecule has 0 saturated carbocycles. The summed E-state index contributed by atoms with van der Waals surface area (Å²) in [5, 5.41) is 0. The summed E-state index contributed by atoms with van der Waals surface area (Å²) in [6.45, 7) is 0.